The van der Waals surface area contributed by atoms with Gasteiger partial charge >= 0.3 is 5.97 Å². The van der Waals surface area contributed by atoms with Crippen LogP contribution in [0, 0.1) is 12.7 Å². The third-order valence-electron chi connectivity index (χ3n) is 2.58. The van der Waals surface area contributed by atoms with Crippen LogP contribution in [0.25, 0.3) is 11.5 Å². The van der Waals surface area contributed by atoms with Crippen LogP contribution in [0.15, 0.2) is 22.6 Å². The van der Waals surface area contributed by atoms with Gasteiger partial charge in [0, 0.05) is 0 Å². The lowest BCUT2D eigenvalue weighted by Gasteiger charge is -2.05. The van der Waals surface area contributed by atoms with Crippen LogP contribution in [-0.4, -0.2) is 25.2 Å². The molecule has 0 bridgehead atoms. The van der Waals surface area contributed by atoms with Gasteiger partial charge in [0.25, 0.3) is 0 Å². The molecule has 0 atom stereocenters. The van der Waals surface area contributed by atoms with E-state index in [9.17, 15) is 9.18 Å². The molecule has 1 aromatic carbocycles. The van der Waals surface area contributed by atoms with E-state index in [2.05, 4.69) is 9.72 Å². The summed E-state index contributed by atoms with van der Waals surface area (Å²) in [7, 11) is 2.65. The summed E-state index contributed by atoms with van der Waals surface area (Å²) < 4.78 is 28.8. The van der Waals surface area contributed by atoms with Gasteiger partial charge in [0.05, 0.1) is 14.2 Å². The molecule has 0 amide bonds. The Morgan fingerprint density at radius 2 is 2.11 bits per heavy atom. The molecule has 0 radical (unpaired) electrons. The quantitative estimate of drug-likeness (QED) is 0.798. The van der Waals surface area contributed by atoms with Crippen molar-refractivity contribution in [2.45, 2.75) is 6.92 Å². The van der Waals surface area contributed by atoms with Crippen molar-refractivity contribution in [1.82, 2.24) is 4.98 Å². The van der Waals surface area contributed by atoms with Crippen LogP contribution in [-0.2, 0) is 4.74 Å². The number of ether oxygens (including phenoxy) is 2. The van der Waals surface area contributed by atoms with Crippen LogP contribution in [0.2, 0.25) is 0 Å². The number of carbonyl (C=O) groups excluding carboxylic acids is 1. The Bertz CT molecular complexity index is 621. The van der Waals surface area contributed by atoms with Crippen molar-refractivity contribution in [1.29, 1.82) is 0 Å². The monoisotopic (exact) mass is 265 g/mol. The van der Waals surface area contributed by atoms with Gasteiger partial charge < -0.3 is 13.9 Å². The summed E-state index contributed by atoms with van der Waals surface area (Å²) in [6.45, 7) is 1.55. The molecule has 100 valence electrons. The van der Waals surface area contributed by atoms with Gasteiger partial charge in [0.1, 0.15) is 22.9 Å². The maximum absolute atomic E-state index is 13.9. The molecule has 5 nitrogen and oxygen atoms in total. The van der Waals surface area contributed by atoms with E-state index in [0.717, 1.165) is 0 Å². The molecule has 2 aromatic rings. The molecule has 0 saturated carbocycles. The van der Waals surface area contributed by atoms with Gasteiger partial charge in [-0.15, -0.1) is 0 Å². The minimum absolute atomic E-state index is 0.0165. The van der Waals surface area contributed by atoms with Crippen molar-refractivity contribution < 1.29 is 23.1 Å². The number of methoxy groups -OCH3 is 2. The number of halogens is 1. The topological polar surface area (TPSA) is 61.6 Å². The number of carbonyl (C=O) groups is 1. The molecule has 0 aliphatic heterocycles. The van der Waals surface area contributed by atoms with Crippen LogP contribution in [0.1, 0.15) is 16.2 Å². The standard InChI is InChI=1S/C13H12FNO4/c1-7-11(13(16)18-3)15-12(19-7)10-8(14)5-4-6-9(10)17-2/h4-6H,1-3H3. The highest BCUT2D eigenvalue weighted by Crippen LogP contribution is 2.32. The zero-order chi connectivity index (χ0) is 14.0. The molecule has 0 aliphatic carbocycles. The van der Waals surface area contributed by atoms with E-state index < -0.39 is 11.8 Å². The summed E-state index contributed by atoms with van der Waals surface area (Å²) in [6.07, 6.45) is 0. The van der Waals surface area contributed by atoms with Crippen LogP contribution >= 0.6 is 0 Å². The van der Waals surface area contributed by atoms with Crippen molar-refractivity contribution >= 4 is 5.97 Å². The van der Waals surface area contributed by atoms with Crippen LogP contribution in [0.5, 0.6) is 5.75 Å². The van der Waals surface area contributed by atoms with E-state index in [1.807, 2.05) is 0 Å². The number of hydrogen-bond donors (Lipinski definition) is 0. The van der Waals surface area contributed by atoms with Gasteiger partial charge in [-0.3, -0.25) is 0 Å². The third kappa shape index (κ3) is 2.29. The lowest BCUT2D eigenvalue weighted by molar-refractivity contribution is 0.0593. The number of aromatic nitrogens is 1. The van der Waals surface area contributed by atoms with E-state index in [-0.39, 0.29) is 28.7 Å². The third-order valence-corrected chi connectivity index (χ3v) is 2.58. The van der Waals surface area contributed by atoms with Crippen molar-refractivity contribution in [3.05, 3.63) is 35.5 Å². The molecule has 2 rings (SSSR count). The summed E-state index contributed by atoms with van der Waals surface area (Å²) >= 11 is 0. The molecule has 19 heavy (non-hydrogen) atoms. The first-order chi connectivity index (χ1) is 9.08. The molecule has 0 N–H and O–H groups in total. The Morgan fingerprint density at radius 3 is 2.74 bits per heavy atom. The highest BCUT2D eigenvalue weighted by molar-refractivity contribution is 5.88. The molecule has 6 heteroatoms. The number of oxazole rings is 1. The first-order valence-electron chi connectivity index (χ1n) is 5.47. The number of nitrogens with zero attached hydrogens (tertiary/aromatic N) is 1. The molecule has 1 aromatic heterocycles. The SMILES string of the molecule is COC(=O)c1nc(-c2c(F)cccc2OC)oc1C. The molecule has 0 saturated heterocycles. The van der Waals surface area contributed by atoms with Crippen LogP contribution in [0.4, 0.5) is 4.39 Å². The average molecular weight is 265 g/mol. The van der Waals surface area contributed by atoms with Crippen molar-refractivity contribution in [3.63, 3.8) is 0 Å². The lowest BCUT2D eigenvalue weighted by atomic mass is 10.2. The highest BCUT2D eigenvalue weighted by atomic mass is 19.1. The predicted molar refractivity (Wildman–Crippen MR) is 64.5 cm³/mol. The second-order valence-electron chi connectivity index (χ2n) is 3.73. The summed E-state index contributed by atoms with van der Waals surface area (Å²) in [4.78, 5) is 15.4. The van der Waals surface area contributed by atoms with E-state index in [1.165, 1.54) is 26.4 Å². The molecule has 0 spiro atoms. The van der Waals surface area contributed by atoms with E-state index in [0.29, 0.717) is 0 Å². The van der Waals surface area contributed by atoms with Gasteiger partial charge in [-0.1, -0.05) is 6.07 Å². The van der Waals surface area contributed by atoms with Crippen molar-refractivity contribution in [2.24, 2.45) is 0 Å². The Morgan fingerprint density at radius 1 is 1.37 bits per heavy atom. The number of esters is 1. The molecule has 0 unspecified atom stereocenters. The summed E-state index contributed by atoms with van der Waals surface area (Å²) in [5.74, 6) is -0.669. The maximum Gasteiger partial charge on any atom is 0.360 e. The number of benzene rings is 1. The lowest BCUT2D eigenvalue weighted by Crippen LogP contribution is -2.03. The second-order valence-corrected chi connectivity index (χ2v) is 3.73. The molecular formula is C13H12FNO4. The van der Waals surface area contributed by atoms with Gasteiger partial charge in [-0.2, -0.15) is 0 Å². The van der Waals surface area contributed by atoms with Crippen molar-refractivity contribution in [2.75, 3.05) is 14.2 Å². The normalized spacial score (nSPS) is 10.3. The number of rotatable bonds is 3. The fraction of sp³-hybridized carbons (Fsp3) is 0.231. The van der Waals surface area contributed by atoms with Gasteiger partial charge in [0.2, 0.25) is 5.89 Å². The number of aryl methyl sites for hydroxylation is 1. The largest absolute Gasteiger partial charge is 0.496 e. The van der Waals surface area contributed by atoms with E-state index >= 15 is 0 Å². The van der Waals surface area contributed by atoms with Gasteiger partial charge in [-0.25, -0.2) is 14.2 Å². The van der Waals surface area contributed by atoms with Crippen LogP contribution < -0.4 is 4.74 Å². The zero-order valence-corrected chi connectivity index (χ0v) is 10.7. The Hall–Kier alpha value is -2.37. The minimum atomic E-state index is -0.636. The average Bonchev–Trinajstić information content (AvgIpc) is 2.79. The second kappa shape index (κ2) is 5.09. The summed E-state index contributed by atoms with van der Waals surface area (Å²) in [5, 5.41) is 0. The van der Waals surface area contributed by atoms with Crippen molar-refractivity contribution in [3.8, 4) is 17.2 Å². The molecule has 0 fully saturated rings. The van der Waals surface area contributed by atoms with Gasteiger partial charge in [0.15, 0.2) is 5.69 Å². The Labute approximate surface area is 109 Å². The smallest absolute Gasteiger partial charge is 0.360 e. The van der Waals surface area contributed by atoms with Crippen LogP contribution in [0.3, 0.4) is 0 Å². The Balaban J connectivity index is 2.57. The number of hydrogen-bond acceptors (Lipinski definition) is 5. The highest BCUT2D eigenvalue weighted by Gasteiger charge is 2.22. The maximum atomic E-state index is 13.9. The van der Waals surface area contributed by atoms with E-state index in [1.54, 1.807) is 13.0 Å². The molecular weight excluding hydrogens is 253 g/mol. The molecule has 1 heterocycles. The zero-order valence-electron chi connectivity index (χ0n) is 10.7. The molecule has 0 aliphatic rings. The summed E-state index contributed by atoms with van der Waals surface area (Å²) in [6, 6.07) is 4.35. The van der Waals surface area contributed by atoms with Gasteiger partial charge in [-0.05, 0) is 19.1 Å². The Kier molecular flexibility index (Phi) is 3.50. The first-order valence-corrected chi connectivity index (χ1v) is 5.47. The minimum Gasteiger partial charge on any atom is -0.496 e. The fourth-order valence-electron chi connectivity index (χ4n) is 1.67. The van der Waals surface area contributed by atoms with E-state index in [4.69, 9.17) is 9.15 Å². The predicted octanol–water partition coefficient (Wildman–Crippen LogP) is 2.58. The summed E-state index contributed by atoms with van der Waals surface area (Å²) in [5.41, 5.74) is 0.0889. The fourth-order valence-corrected chi connectivity index (χ4v) is 1.67. The first kappa shape index (κ1) is 13.1.